The first-order valence-corrected chi connectivity index (χ1v) is 5.87. The molecule has 3 N–H and O–H groups in total. The van der Waals surface area contributed by atoms with Crippen molar-refractivity contribution in [2.75, 3.05) is 23.7 Å². The number of aromatic nitrogens is 2. The molecule has 0 aromatic carbocycles. The predicted molar refractivity (Wildman–Crippen MR) is 65.9 cm³/mol. The molecule has 1 aromatic rings. The third-order valence-electron chi connectivity index (χ3n) is 2.52. The molecule has 17 heavy (non-hydrogen) atoms. The molecule has 1 atom stereocenters. The van der Waals surface area contributed by atoms with Crippen LogP contribution in [0.25, 0.3) is 0 Å². The van der Waals surface area contributed by atoms with E-state index in [4.69, 9.17) is 0 Å². The molecule has 1 saturated heterocycles. The van der Waals surface area contributed by atoms with Gasteiger partial charge in [-0.05, 0) is 6.42 Å². The van der Waals surface area contributed by atoms with E-state index in [9.17, 15) is 4.79 Å². The Hall–Kier alpha value is -1.85. The molecule has 1 aliphatic rings. The summed E-state index contributed by atoms with van der Waals surface area (Å²) in [5, 5.41) is 9.14. The van der Waals surface area contributed by atoms with Crippen molar-refractivity contribution in [3.63, 3.8) is 0 Å². The molecule has 0 aliphatic carbocycles. The van der Waals surface area contributed by atoms with Gasteiger partial charge in [-0.3, -0.25) is 9.78 Å². The second-order valence-electron chi connectivity index (χ2n) is 4.07. The SMILES string of the molecule is CCCNc1cncc(NC2CNC(=O)C2)n1. The topological polar surface area (TPSA) is 78.9 Å². The highest BCUT2D eigenvalue weighted by atomic mass is 16.1. The van der Waals surface area contributed by atoms with Gasteiger partial charge in [0.1, 0.15) is 11.6 Å². The second-order valence-corrected chi connectivity index (χ2v) is 4.07. The lowest BCUT2D eigenvalue weighted by atomic mass is 10.2. The summed E-state index contributed by atoms with van der Waals surface area (Å²) in [7, 11) is 0. The average Bonchev–Trinajstić information content (AvgIpc) is 2.73. The normalized spacial score (nSPS) is 18.9. The average molecular weight is 235 g/mol. The van der Waals surface area contributed by atoms with Crippen LogP contribution in [-0.4, -0.2) is 35.0 Å². The Kier molecular flexibility index (Phi) is 3.74. The van der Waals surface area contributed by atoms with Crippen LogP contribution < -0.4 is 16.0 Å². The van der Waals surface area contributed by atoms with Crippen molar-refractivity contribution >= 4 is 17.5 Å². The molecule has 2 heterocycles. The molecule has 2 rings (SSSR count). The first-order valence-electron chi connectivity index (χ1n) is 5.87. The van der Waals surface area contributed by atoms with Crippen LogP contribution in [0.5, 0.6) is 0 Å². The summed E-state index contributed by atoms with van der Waals surface area (Å²) in [6.07, 6.45) is 4.90. The highest BCUT2D eigenvalue weighted by Crippen LogP contribution is 2.11. The quantitative estimate of drug-likeness (QED) is 0.696. The van der Waals surface area contributed by atoms with Crippen LogP contribution in [0.4, 0.5) is 11.6 Å². The number of rotatable bonds is 5. The van der Waals surface area contributed by atoms with Gasteiger partial charge in [-0.25, -0.2) is 4.98 Å². The van der Waals surface area contributed by atoms with Crippen molar-refractivity contribution < 1.29 is 4.79 Å². The minimum absolute atomic E-state index is 0.0794. The summed E-state index contributed by atoms with van der Waals surface area (Å²) in [6, 6.07) is 0.109. The van der Waals surface area contributed by atoms with E-state index in [1.54, 1.807) is 12.4 Å². The molecule has 1 aromatic heterocycles. The van der Waals surface area contributed by atoms with Gasteiger partial charge in [0.25, 0.3) is 0 Å². The molecule has 0 saturated carbocycles. The van der Waals surface area contributed by atoms with E-state index in [1.165, 1.54) is 0 Å². The third kappa shape index (κ3) is 3.30. The van der Waals surface area contributed by atoms with Crippen molar-refractivity contribution in [3.8, 4) is 0 Å². The first kappa shape index (κ1) is 11.6. The van der Waals surface area contributed by atoms with E-state index >= 15 is 0 Å². The Morgan fingerprint density at radius 1 is 1.47 bits per heavy atom. The highest BCUT2D eigenvalue weighted by molar-refractivity contribution is 5.79. The summed E-state index contributed by atoms with van der Waals surface area (Å²) in [5.41, 5.74) is 0. The van der Waals surface area contributed by atoms with Crippen molar-refractivity contribution in [2.24, 2.45) is 0 Å². The molecule has 92 valence electrons. The largest absolute Gasteiger partial charge is 0.369 e. The second kappa shape index (κ2) is 5.47. The zero-order chi connectivity index (χ0) is 12.1. The zero-order valence-corrected chi connectivity index (χ0v) is 9.86. The highest BCUT2D eigenvalue weighted by Gasteiger charge is 2.21. The number of nitrogens with zero attached hydrogens (tertiary/aromatic N) is 2. The van der Waals surface area contributed by atoms with Crippen molar-refractivity contribution in [1.29, 1.82) is 0 Å². The van der Waals surface area contributed by atoms with Gasteiger partial charge in [0.05, 0.1) is 18.4 Å². The van der Waals surface area contributed by atoms with E-state index < -0.39 is 0 Å². The number of carbonyl (C=O) groups is 1. The predicted octanol–water partition coefficient (Wildman–Crippen LogP) is 0.599. The molecule has 1 amide bonds. The van der Waals surface area contributed by atoms with Gasteiger partial charge in [0.15, 0.2) is 0 Å². The zero-order valence-electron chi connectivity index (χ0n) is 9.86. The lowest BCUT2D eigenvalue weighted by molar-refractivity contribution is -0.119. The molecular formula is C11H17N5O. The van der Waals surface area contributed by atoms with Crippen LogP contribution in [0, 0.1) is 0 Å². The Labute approximate surface area is 100 Å². The van der Waals surface area contributed by atoms with Gasteiger partial charge in [-0.1, -0.05) is 6.92 Å². The molecular weight excluding hydrogens is 218 g/mol. The molecule has 0 spiro atoms. The Bertz CT molecular complexity index is 395. The number of amides is 1. The van der Waals surface area contributed by atoms with Gasteiger partial charge in [-0.2, -0.15) is 0 Å². The van der Waals surface area contributed by atoms with Crippen molar-refractivity contribution in [2.45, 2.75) is 25.8 Å². The van der Waals surface area contributed by atoms with Crippen molar-refractivity contribution in [1.82, 2.24) is 15.3 Å². The maximum Gasteiger partial charge on any atom is 0.222 e. The summed E-state index contributed by atoms with van der Waals surface area (Å²) in [4.78, 5) is 19.5. The minimum Gasteiger partial charge on any atom is -0.369 e. The molecule has 6 nitrogen and oxygen atoms in total. The van der Waals surface area contributed by atoms with Crippen molar-refractivity contribution in [3.05, 3.63) is 12.4 Å². The Morgan fingerprint density at radius 2 is 2.29 bits per heavy atom. The molecule has 0 radical (unpaired) electrons. The molecule has 1 fully saturated rings. The molecule has 1 aliphatic heterocycles. The van der Waals surface area contributed by atoms with Crippen LogP contribution in [0.3, 0.4) is 0 Å². The monoisotopic (exact) mass is 235 g/mol. The summed E-state index contributed by atoms with van der Waals surface area (Å²) in [6.45, 7) is 3.62. The maximum atomic E-state index is 11.1. The third-order valence-corrected chi connectivity index (χ3v) is 2.52. The fourth-order valence-electron chi connectivity index (χ4n) is 1.69. The van der Waals surface area contributed by atoms with Gasteiger partial charge in [-0.15, -0.1) is 0 Å². The number of anilines is 2. The van der Waals surface area contributed by atoms with Crippen LogP contribution in [0.15, 0.2) is 12.4 Å². The lowest BCUT2D eigenvalue weighted by Gasteiger charge is -2.11. The van der Waals surface area contributed by atoms with E-state index in [1.807, 2.05) is 0 Å². The lowest BCUT2D eigenvalue weighted by Crippen LogP contribution is -2.23. The van der Waals surface area contributed by atoms with E-state index in [-0.39, 0.29) is 11.9 Å². The van der Waals surface area contributed by atoms with E-state index in [2.05, 4.69) is 32.8 Å². The van der Waals surface area contributed by atoms with Crippen LogP contribution in [0.1, 0.15) is 19.8 Å². The first-order chi connectivity index (χ1) is 8.28. The number of nitrogens with one attached hydrogen (secondary N) is 3. The summed E-state index contributed by atoms with van der Waals surface area (Å²) in [5.74, 6) is 1.54. The van der Waals surface area contributed by atoms with Crippen LogP contribution in [-0.2, 0) is 4.79 Å². The summed E-state index contributed by atoms with van der Waals surface area (Å²) < 4.78 is 0. The van der Waals surface area contributed by atoms with Crippen LogP contribution in [0.2, 0.25) is 0 Å². The fourth-order valence-corrected chi connectivity index (χ4v) is 1.69. The van der Waals surface area contributed by atoms with Gasteiger partial charge < -0.3 is 16.0 Å². The number of hydrogen-bond acceptors (Lipinski definition) is 5. The molecule has 0 bridgehead atoms. The number of carbonyl (C=O) groups excluding carboxylic acids is 1. The maximum absolute atomic E-state index is 11.1. The molecule has 1 unspecified atom stereocenters. The Balaban J connectivity index is 1.93. The standard InChI is InChI=1S/C11H17N5O/c1-2-3-13-9-6-12-7-10(16-9)15-8-4-11(17)14-5-8/h6-8H,2-5H2,1H3,(H,14,17)(H2,13,15,16). The molecule has 6 heteroatoms. The smallest absolute Gasteiger partial charge is 0.222 e. The van der Waals surface area contributed by atoms with Gasteiger partial charge >= 0.3 is 0 Å². The van der Waals surface area contributed by atoms with Gasteiger partial charge in [0, 0.05) is 19.5 Å². The van der Waals surface area contributed by atoms with E-state index in [0.29, 0.717) is 18.8 Å². The Morgan fingerprint density at radius 3 is 3.00 bits per heavy atom. The summed E-state index contributed by atoms with van der Waals surface area (Å²) >= 11 is 0. The van der Waals surface area contributed by atoms with E-state index in [0.717, 1.165) is 18.8 Å². The van der Waals surface area contributed by atoms with Crippen LogP contribution >= 0.6 is 0 Å². The minimum atomic E-state index is 0.0794. The number of hydrogen-bond donors (Lipinski definition) is 3. The van der Waals surface area contributed by atoms with Gasteiger partial charge in [0.2, 0.25) is 5.91 Å². The fraction of sp³-hybridized carbons (Fsp3) is 0.545.